The van der Waals surface area contributed by atoms with Gasteiger partial charge in [-0.3, -0.25) is 15.0 Å². The second-order valence-electron chi connectivity index (χ2n) is 5.78. The van der Waals surface area contributed by atoms with Crippen molar-refractivity contribution in [3.8, 4) is 0 Å². The Hall–Kier alpha value is -1.59. The maximum atomic E-state index is 12.1. The quantitative estimate of drug-likeness (QED) is 0.845. The summed E-state index contributed by atoms with van der Waals surface area (Å²) in [6.45, 7) is 6.79. The predicted octanol–water partition coefficient (Wildman–Crippen LogP) is 2.64. The van der Waals surface area contributed by atoms with Crippen LogP contribution in [0, 0.1) is 5.92 Å². The molecule has 0 aliphatic carbocycles. The Balaban J connectivity index is 2.52. The molecule has 0 spiro atoms. The van der Waals surface area contributed by atoms with Crippen LogP contribution < -0.4 is 10.6 Å². The number of nitrogens with one attached hydrogen (secondary N) is 2. The minimum Gasteiger partial charge on any atom is -0.338 e. The van der Waals surface area contributed by atoms with E-state index in [2.05, 4.69) is 10.6 Å². The number of benzene rings is 1. The number of carbonyl (C=O) groups excluding carboxylic acids is 2. The van der Waals surface area contributed by atoms with Crippen LogP contribution in [-0.4, -0.2) is 36.5 Å². The molecule has 0 unspecified atom stereocenters. The van der Waals surface area contributed by atoms with E-state index in [9.17, 15) is 9.59 Å². The number of hydrogen-bond acceptors (Lipinski definition) is 3. The van der Waals surface area contributed by atoms with Crippen LogP contribution in [-0.2, 0) is 11.3 Å². The molecule has 0 fully saturated rings. The maximum Gasteiger partial charge on any atom is 0.321 e. The summed E-state index contributed by atoms with van der Waals surface area (Å²) in [5.41, 5.74) is 0.940. The van der Waals surface area contributed by atoms with Crippen molar-refractivity contribution in [1.82, 2.24) is 15.5 Å². The number of halogens is 1. The molecule has 2 N–H and O–H groups in total. The third-order valence-electron chi connectivity index (χ3n) is 3.33. The highest BCUT2D eigenvalue weighted by atomic mass is 35.5. The summed E-state index contributed by atoms with van der Waals surface area (Å²) in [6.07, 6.45) is 0. The molecule has 22 heavy (non-hydrogen) atoms. The standard InChI is InChI=1S/C16H24ClN3O2/c1-11(2)9-18-16(22)19-15(21)12(3)20(4)10-13-7-5-6-8-14(13)17/h5-8,11-12H,9-10H2,1-4H3,(H2,18,19,21,22)/t12-/m1/s1. The van der Waals surface area contributed by atoms with Gasteiger partial charge in [-0.15, -0.1) is 0 Å². The van der Waals surface area contributed by atoms with E-state index >= 15 is 0 Å². The zero-order chi connectivity index (χ0) is 16.7. The Kier molecular flexibility index (Phi) is 7.35. The molecule has 0 radical (unpaired) electrons. The van der Waals surface area contributed by atoms with Crippen LogP contribution in [0.3, 0.4) is 0 Å². The summed E-state index contributed by atoms with van der Waals surface area (Å²) in [7, 11) is 1.82. The zero-order valence-corrected chi connectivity index (χ0v) is 14.3. The minimum atomic E-state index is -0.461. The van der Waals surface area contributed by atoms with E-state index in [0.29, 0.717) is 24.0 Å². The fourth-order valence-corrected chi connectivity index (χ4v) is 1.99. The molecular formula is C16H24ClN3O2. The summed E-state index contributed by atoms with van der Waals surface area (Å²) in [5.74, 6) is -0.00280. The van der Waals surface area contributed by atoms with Gasteiger partial charge < -0.3 is 5.32 Å². The van der Waals surface area contributed by atoms with Crippen molar-refractivity contribution >= 4 is 23.5 Å². The first-order chi connectivity index (χ1) is 10.3. The molecule has 0 aromatic heterocycles. The normalized spacial score (nSPS) is 12.3. The number of amides is 3. The van der Waals surface area contributed by atoms with Gasteiger partial charge in [0.2, 0.25) is 5.91 Å². The number of hydrogen-bond donors (Lipinski definition) is 2. The topological polar surface area (TPSA) is 61.4 Å². The number of imide groups is 1. The molecule has 1 aromatic carbocycles. The fraction of sp³-hybridized carbons (Fsp3) is 0.500. The average molecular weight is 326 g/mol. The number of carbonyl (C=O) groups is 2. The van der Waals surface area contributed by atoms with Gasteiger partial charge in [-0.05, 0) is 31.5 Å². The van der Waals surface area contributed by atoms with Crippen molar-refractivity contribution in [2.45, 2.75) is 33.4 Å². The summed E-state index contributed by atoms with van der Waals surface area (Å²) >= 11 is 6.12. The molecule has 3 amide bonds. The molecule has 0 heterocycles. The second-order valence-corrected chi connectivity index (χ2v) is 6.18. The van der Waals surface area contributed by atoms with E-state index in [4.69, 9.17) is 11.6 Å². The number of rotatable bonds is 6. The molecule has 1 aromatic rings. The Morgan fingerprint density at radius 2 is 1.86 bits per heavy atom. The van der Waals surface area contributed by atoms with Crippen molar-refractivity contribution in [2.24, 2.45) is 5.92 Å². The number of nitrogens with zero attached hydrogens (tertiary/aromatic N) is 1. The van der Waals surface area contributed by atoms with Gasteiger partial charge in [-0.1, -0.05) is 43.6 Å². The molecule has 0 saturated heterocycles. The summed E-state index contributed by atoms with van der Waals surface area (Å²) in [6, 6.07) is 6.59. The molecule has 122 valence electrons. The first-order valence-electron chi connectivity index (χ1n) is 7.33. The van der Waals surface area contributed by atoms with E-state index in [-0.39, 0.29) is 5.91 Å². The van der Waals surface area contributed by atoms with Crippen molar-refractivity contribution in [3.05, 3.63) is 34.9 Å². The third kappa shape index (κ3) is 6.03. The van der Waals surface area contributed by atoms with E-state index in [0.717, 1.165) is 5.56 Å². The number of likely N-dealkylation sites (N-methyl/N-ethyl adjacent to an activating group) is 1. The highest BCUT2D eigenvalue weighted by Gasteiger charge is 2.20. The average Bonchev–Trinajstić information content (AvgIpc) is 2.46. The molecule has 0 bridgehead atoms. The maximum absolute atomic E-state index is 12.1. The van der Waals surface area contributed by atoms with Gasteiger partial charge in [-0.25, -0.2) is 4.79 Å². The van der Waals surface area contributed by atoms with Gasteiger partial charge in [0.25, 0.3) is 0 Å². The van der Waals surface area contributed by atoms with Crippen molar-refractivity contribution < 1.29 is 9.59 Å². The number of urea groups is 1. The van der Waals surface area contributed by atoms with Crippen LogP contribution in [0.2, 0.25) is 5.02 Å². The summed E-state index contributed by atoms with van der Waals surface area (Å²) < 4.78 is 0. The molecule has 0 aliphatic heterocycles. The highest BCUT2D eigenvalue weighted by molar-refractivity contribution is 6.31. The van der Waals surface area contributed by atoms with Gasteiger partial charge in [0.1, 0.15) is 0 Å². The van der Waals surface area contributed by atoms with Gasteiger partial charge in [0.15, 0.2) is 0 Å². The lowest BCUT2D eigenvalue weighted by Gasteiger charge is -2.24. The van der Waals surface area contributed by atoms with Crippen molar-refractivity contribution in [1.29, 1.82) is 0 Å². The third-order valence-corrected chi connectivity index (χ3v) is 3.69. The Labute approximate surface area is 137 Å². The fourth-order valence-electron chi connectivity index (χ4n) is 1.79. The minimum absolute atomic E-state index is 0.334. The lowest BCUT2D eigenvalue weighted by molar-refractivity contribution is -0.124. The van der Waals surface area contributed by atoms with Gasteiger partial charge in [-0.2, -0.15) is 0 Å². The molecule has 5 nitrogen and oxygen atoms in total. The monoisotopic (exact) mass is 325 g/mol. The molecule has 0 saturated carbocycles. The Morgan fingerprint density at radius 3 is 2.45 bits per heavy atom. The molecule has 1 rings (SSSR count). The summed E-state index contributed by atoms with van der Waals surface area (Å²) in [4.78, 5) is 25.5. The van der Waals surface area contributed by atoms with E-state index < -0.39 is 12.1 Å². The molecule has 0 aliphatic rings. The SMILES string of the molecule is CC(C)CNC(=O)NC(=O)[C@@H](C)N(C)Cc1ccccc1Cl. The first-order valence-corrected chi connectivity index (χ1v) is 7.71. The largest absolute Gasteiger partial charge is 0.338 e. The van der Waals surface area contributed by atoms with E-state index in [1.807, 2.05) is 50.1 Å². The van der Waals surface area contributed by atoms with Crippen LogP contribution >= 0.6 is 11.6 Å². The van der Waals surface area contributed by atoms with Crippen molar-refractivity contribution in [3.63, 3.8) is 0 Å². The molecule has 1 atom stereocenters. The smallest absolute Gasteiger partial charge is 0.321 e. The van der Waals surface area contributed by atoms with Crippen LogP contribution in [0.4, 0.5) is 4.79 Å². The molecule has 6 heteroatoms. The van der Waals surface area contributed by atoms with Crippen LogP contribution in [0.25, 0.3) is 0 Å². The lowest BCUT2D eigenvalue weighted by atomic mass is 10.2. The zero-order valence-electron chi connectivity index (χ0n) is 13.5. The van der Waals surface area contributed by atoms with Crippen molar-refractivity contribution in [2.75, 3.05) is 13.6 Å². The van der Waals surface area contributed by atoms with Crippen LogP contribution in [0.5, 0.6) is 0 Å². The highest BCUT2D eigenvalue weighted by Crippen LogP contribution is 2.17. The summed E-state index contributed by atoms with van der Waals surface area (Å²) in [5, 5.41) is 5.67. The molecular weight excluding hydrogens is 302 g/mol. The second kappa shape index (κ2) is 8.76. The Bertz CT molecular complexity index is 520. The van der Waals surface area contributed by atoms with E-state index in [1.54, 1.807) is 6.92 Å². The Morgan fingerprint density at radius 1 is 1.23 bits per heavy atom. The van der Waals surface area contributed by atoms with Crippen LogP contribution in [0.15, 0.2) is 24.3 Å². The van der Waals surface area contributed by atoms with Gasteiger partial charge >= 0.3 is 6.03 Å². The van der Waals surface area contributed by atoms with Gasteiger partial charge in [0.05, 0.1) is 6.04 Å². The van der Waals surface area contributed by atoms with E-state index in [1.165, 1.54) is 0 Å². The first kappa shape index (κ1) is 18.5. The lowest BCUT2D eigenvalue weighted by Crippen LogP contribution is -2.48. The van der Waals surface area contributed by atoms with Crippen LogP contribution in [0.1, 0.15) is 26.3 Å². The van der Waals surface area contributed by atoms with Gasteiger partial charge in [0, 0.05) is 18.1 Å². The predicted molar refractivity (Wildman–Crippen MR) is 88.8 cm³/mol.